The molecule has 0 amide bonds. The normalized spacial score (nSPS) is 12.1. The van der Waals surface area contributed by atoms with Crippen LogP contribution in [0.15, 0.2) is 0 Å². The van der Waals surface area contributed by atoms with Crippen LogP contribution in [0, 0.1) is 0 Å². The van der Waals surface area contributed by atoms with E-state index in [0.29, 0.717) is 5.92 Å². The Morgan fingerprint density at radius 3 is 2.38 bits per heavy atom. The van der Waals surface area contributed by atoms with Crippen molar-refractivity contribution >= 4 is 16.7 Å². The molecule has 0 saturated carbocycles. The van der Waals surface area contributed by atoms with Crippen LogP contribution < -0.4 is 5.32 Å². The molecule has 4 nitrogen and oxygen atoms in total. The summed E-state index contributed by atoms with van der Waals surface area (Å²) in [6, 6.07) is 0. The highest BCUT2D eigenvalue weighted by Gasteiger charge is 2.26. The minimum absolute atomic E-state index is 0.122. The maximum absolute atomic E-state index is 9.45. The highest BCUT2D eigenvalue weighted by atomic mass is 32.1. The van der Waals surface area contributed by atoms with Crippen LogP contribution in [0.1, 0.15) is 52.3 Å². The fourth-order valence-corrected chi connectivity index (χ4v) is 2.27. The number of anilines is 1. The van der Waals surface area contributed by atoms with Crippen LogP contribution >= 0.6 is 11.5 Å². The van der Waals surface area contributed by atoms with E-state index < -0.39 is 0 Å². The van der Waals surface area contributed by atoms with E-state index in [-0.39, 0.29) is 12.1 Å². The predicted molar refractivity (Wildman–Crippen MR) is 68.0 cm³/mol. The molecule has 0 aliphatic rings. The molecule has 0 unspecified atom stereocenters. The molecule has 0 fully saturated rings. The summed E-state index contributed by atoms with van der Waals surface area (Å²) in [5.74, 6) is 1.21. The molecular formula is C11H21N3OS. The monoisotopic (exact) mass is 243 g/mol. The summed E-state index contributed by atoms with van der Waals surface area (Å²) in [4.78, 5) is 4.42. The molecule has 2 N–H and O–H groups in total. The van der Waals surface area contributed by atoms with E-state index in [1.165, 1.54) is 11.5 Å². The van der Waals surface area contributed by atoms with E-state index in [2.05, 4.69) is 42.4 Å². The molecule has 0 aromatic carbocycles. The maximum Gasteiger partial charge on any atom is 0.203 e. The smallest absolute Gasteiger partial charge is 0.203 e. The van der Waals surface area contributed by atoms with Gasteiger partial charge in [0.1, 0.15) is 5.82 Å². The van der Waals surface area contributed by atoms with Gasteiger partial charge in [-0.2, -0.15) is 4.37 Å². The van der Waals surface area contributed by atoms with E-state index in [0.717, 1.165) is 23.8 Å². The fraction of sp³-hybridized carbons (Fsp3) is 0.818. The Bertz CT molecular complexity index is 313. The summed E-state index contributed by atoms with van der Waals surface area (Å²) in [6.07, 6.45) is 1.74. The lowest BCUT2D eigenvalue weighted by Gasteiger charge is -2.30. The third kappa shape index (κ3) is 2.92. The lowest BCUT2D eigenvalue weighted by atomic mass is 9.94. The Labute approximate surface area is 101 Å². The molecule has 0 spiro atoms. The first-order valence-electron chi connectivity index (χ1n) is 5.79. The highest BCUT2D eigenvalue weighted by molar-refractivity contribution is 7.09. The van der Waals surface area contributed by atoms with Gasteiger partial charge in [0.05, 0.1) is 12.1 Å². The zero-order valence-electron chi connectivity index (χ0n) is 10.4. The molecule has 1 aromatic heterocycles. The second kappa shape index (κ2) is 5.59. The molecule has 0 aliphatic carbocycles. The number of aliphatic hydroxyl groups excluding tert-OH is 1. The summed E-state index contributed by atoms with van der Waals surface area (Å²) >= 11 is 1.37. The molecule has 1 heterocycles. The summed E-state index contributed by atoms with van der Waals surface area (Å²) in [6.45, 7) is 8.40. The van der Waals surface area contributed by atoms with E-state index >= 15 is 0 Å². The highest BCUT2D eigenvalue weighted by Crippen LogP contribution is 2.24. The Morgan fingerprint density at radius 2 is 2.00 bits per heavy atom. The predicted octanol–water partition coefficient (Wildman–Crippen LogP) is 2.62. The standard InChI is InChI=1S/C11H21N3OS/c1-5-11(6-2,7-15)13-10-12-9(8(3)4)14-16-10/h8,15H,5-7H2,1-4H3,(H,12,13,14). The van der Waals surface area contributed by atoms with Crippen molar-refractivity contribution in [2.75, 3.05) is 11.9 Å². The van der Waals surface area contributed by atoms with Gasteiger partial charge in [0.25, 0.3) is 0 Å². The zero-order valence-corrected chi connectivity index (χ0v) is 11.3. The van der Waals surface area contributed by atoms with E-state index in [1.807, 2.05) is 0 Å². The summed E-state index contributed by atoms with van der Waals surface area (Å²) in [5, 5.41) is 13.6. The second-order valence-electron chi connectivity index (χ2n) is 4.38. The second-order valence-corrected chi connectivity index (χ2v) is 5.13. The molecule has 92 valence electrons. The largest absolute Gasteiger partial charge is 0.394 e. The molecule has 5 heteroatoms. The van der Waals surface area contributed by atoms with Crippen molar-refractivity contribution in [2.24, 2.45) is 0 Å². The number of rotatable bonds is 6. The Morgan fingerprint density at radius 1 is 1.38 bits per heavy atom. The minimum atomic E-state index is -0.256. The van der Waals surface area contributed by atoms with Crippen LogP contribution in [0.3, 0.4) is 0 Å². The van der Waals surface area contributed by atoms with Gasteiger partial charge >= 0.3 is 0 Å². The first-order chi connectivity index (χ1) is 7.56. The molecule has 0 bridgehead atoms. The molecule has 1 rings (SSSR count). The van der Waals surface area contributed by atoms with Gasteiger partial charge in [-0.05, 0) is 12.8 Å². The van der Waals surface area contributed by atoms with Crippen molar-refractivity contribution in [1.82, 2.24) is 9.36 Å². The van der Waals surface area contributed by atoms with Crippen LogP contribution in [0.4, 0.5) is 5.13 Å². The van der Waals surface area contributed by atoms with Crippen LogP contribution in [-0.2, 0) is 0 Å². The SMILES string of the molecule is CCC(CC)(CO)Nc1nc(C(C)C)ns1. The number of hydrogen-bond acceptors (Lipinski definition) is 5. The average Bonchev–Trinajstić information content (AvgIpc) is 2.74. The third-order valence-corrected chi connectivity index (χ3v) is 3.63. The molecule has 0 atom stereocenters. The molecule has 0 saturated heterocycles. The van der Waals surface area contributed by atoms with E-state index in [4.69, 9.17) is 0 Å². The average molecular weight is 243 g/mol. The molecule has 0 radical (unpaired) electrons. The number of aliphatic hydroxyl groups is 1. The van der Waals surface area contributed by atoms with Gasteiger partial charge in [0, 0.05) is 17.5 Å². The van der Waals surface area contributed by atoms with Gasteiger partial charge in [-0.15, -0.1) is 0 Å². The van der Waals surface area contributed by atoms with Gasteiger partial charge in [-0.1, -0.05) is 27.7 Å². The minimum Gasteiger partial charge on any atom is -0.394 e. The van der Waals surface area contributed by atoms with Crippen molar-refractivity contribution in [3.63, 3.8) is 0 Å². The number of aromatic nitrogens is 2. The summed E-state index contributed by atoms with van der Waals surface area (Å²) < 4.78 is 4.29. The van der Waals surface area contributed by atoms with E-state index in [9.17, 15) is 5.11 Å². The van der Waals surface area contributed by atoms with Gasteiger partial charge in [-0.25, -0.2) is 4.98 Å². The van der Waals surface area contributed by atoms with Crippen LogP contribution in [0.5, 0.6) is 0 Å². The van der Waals surface area contributed by atoms with Crippen molar-refractivity contribution in [1.29, 1.82) is 0 Å². The number of nitrogens with zero attached hydrogens (tertiary/aromatic N) is 2. The first-order valence-corrected chi connectivity index (χ1v) is 6.57. The lowest BCUT2D eigenvalue weighted by Crippen LogP contribution is -2.40. The molecular weight excluding hydrogens is 222 g/mol. The van der Waals surface area contributed by atoms with Gasteiger partial charge in [-0.3, -0.25) is 0 Å². The molecule has 1 aromatic rings. The van der Waals surface area contributed by atoms with Gasteiger partial charge in [0.15, 0.2) is 0 Å². The Kier molecular flexibility index (Phi) is 4.68. The summed E-state index contributed by atoms with van der Waals surface area (Å²) in [7, 11) is 0. The van der Waals surface area contributed by atoms with Crippen LogP contribution in [-0.4, -0.2) is 26.6 Å². The molecule has 16 heavy (non-hydrogen) atoms. The quantitative estimate of drug-likeness (QED) is 0.806. The topological polar surface area (TPSA) is 58.0 Å². The maximum atomic E-state index is 9.45. The number of hydrogen-bond donors (Lipinski definition) is 2. The Hall–Kier alpha value is -0.680. The first kappa shape index (κ1) is 13.4. The number of nitrogens with one attached hydrogen (secondary N) is 1. The van der Waals surface area contributed by atoms with Crippen molar-refractivity contribution in [2.45, 2.75) is 52.0 Å². The van der Waals surface area contributed by atoms with Crippen molar-refractivity contribution < 1.29 is 5.11 Å². The van der Waals surface area contributed by atoms with Crippen molar-refractivity contribution in [3.8, 4) is 0 Å². The van der Waals surface area contributed by atoms with E-state index in [1.54, 1.807) is 0 Å². The Balaban J connectivity index is 2.77. The van der Waals surface area contributed by atoms with Crippen molar-refractivity contribution in [3.05, 3.63) is 5.82 Å². The molecule has 0 aliphatic heterocycles. The van der Waals surface area contributed by atoms with Gasteiger partial charge in [0.2, 0.25) is 5.13 Å². The van der Waals surface area contributed by atoms with Crippen LogP contribution in [0.25, 0.3) is 0 Å². The third-order valence-electron chi connectivity index (χ3n) is 2.99. The van der Waals surface area contributed by atoms with Crippen LogP contribution in [0.2, 0.25) is 0 Å². The zero-order chi connectivity index (χ0) is 12.2. The fourth-order valence-electron chi connectivity index (χ4n) is 1.44. The lowest BCUT2D eigenvalue weighted by molar-refractivity contribution is 0.202. The van der Waals surface area contributed by atoms with Gasteiger partial charge < -0.3 is 10.4 Å². The summed E-state index contributed by atoms with van der Waals surface area (Å²) in [5.41, 5.74) is -0.256.